The fourth-order valence-electron chi connectivity index (χ4n) is 1.06. The summed E-state index contributed by atoms with van der Waals surface area (Å²) in [4.78, 5) is 21.3. The Balaban J connectivity index is 3.03. The van der Waals surface area contributed by atoms with Gasteiger partial charge < -0.3 is 4.98 Å². The molecule has 5 nitrogen and oxygen atoms in total. The van der Waals surface area contributed by atoms with Gasteiger partial charge in [-0.25, -0.2) is 9.97 Å². The predicted molar refractivity (Wildman–Crippen MR) is 44.9 cm³/mol. The second kappa shape index (κ2) is 2.68. The largest absolute Gasteiger partial charge is 0.311 e. The second-order valence-electron chi connectivity index (χ2n) is 2.40. The van der Waals surface area contributed by atoms with Crippen LogP contribution in [0.25, 0.3) is 11.0 Å². The van der Waals surface area contributed by atoms with Crippen molar-refractivity contribution in [2.24, 2.45) is 0 Å². The summed E-state index contributed by atoms with van der Waals surface area (Å²) in [6.45, 7) is 0. The van der Waals surface area contributed by atoms with Crippen LogP contribution in [0.15, 0.2) is 23.4 Å². The molecular formula is C8H4N4O. The van der Waals surface area contributed by atoms with Crippen LogP contribution >= 0.6 is 0 Å². The summed E-state index contributed by atoms with van der Waals surface area (Å²) in [6, 6.07) is 3.46. The first kappa shape index (κ1) is 7.43. The normalized spacial score (nSPS) is 9.77. The second-order valence-corrected chi connectivity index (χ2v) is 2.40. The van der Waals surface area contributed by atoms with Gasteiger partial charge in [-0.05, 0) is 6.07 Å². The van der Waals surface area contributed by atoms with E-state index in [-0.39, 0.29) is 11.1 Å². The molecule has 0 aromatic carbocycles. The topological polar surface area (TPSA) is 82.4 Å². The van der Waals surface area contributed by atoms with E-state index in [1.54, 1.807) is 0 Å². The van der Waals surface area contributed by atoms with Crippen LogP contribution in [0.2, 0.25) is 0 Å². The fourth-order valence-corrected chi connectivity index (χ4v) is 1.06. The molecule has 0 aliphatic carbocycles. The highest BCUT2D eigenvalue weighted by Gasteiger charge is 2.04. The highest BCUT2D eigenvalue weighted by molar-refractivity contribution is 5.78. The molecule has 2 heterocycles. The predicted octanol–water partition coefficient (Wildman–Crippen LogP) is 0.190. The molecule has 5 heteroatoms. The van der Waals surface area contributed by atoms with E-state index in [1.165, 1.54) is 18.6 Å². The number of nitrogens with one attached hydrogen (secondary N) is 1. The van der Waals surface area contributed by atoms with Crippen molar-refractivity contribution in [1.82, 2.24) is 15.0 Å². The van der Waals surface area contributed by atoms with Crippen LogP contribution in [0.5, 0.6) is 0 Å². The molecule has 0 unspecified atom stereocenters. The van der Waals surface area contributed by atoms with Crippen molar-refractivity contribution in [1.29, 1.82) is 5.26 Å². The van der Waals surface area contributed by atoms with Gasteiger partial charge >= 0.3 is 0 Å². The standard InChI is InChI=1S/C8H4N4O/c9-3-5-1-2-10-7-6(5)11-4-12-8(7)13/h1-2,4H,(H,11,12,13). The van der Waals surface area contributed by atoms with Gasteiger partial charge in [0.1, 0.15) is 11.6 Å². The van der Waals surface area contributed by atoms with E-state index in [4.69, 9.17) is 5.26 Å². The van der Waals surface area contributed by atoms with E-state index in [2.05, 4.69) is 15.0 Å². The van der Waals surface area contributed by atoms with Crippen molar-refractivity contribution in [2.75, 3.05) is 0 Å². The SMILES string of the molecule is N#Cc1ccnc2c(=O)[nH]cnc12. The quantitative estimate of drug-likeness (QED) is 0.614. The lowest BCUT2D eigenvalue weighted by Crippen LogP contribution is -2.08. The molecular weight excluding hydrogens is 168 g/mol. The Kier molecular flexibility index (Phi) is 1.53. The van der Waals surface area contributed by atoms with Crippen LogP contribution in [-0.4, -0.2) is 15.0 Å². The van der Waals surface area contributed by atoms with Crippen molar-refractivity contribution in [2.45, 2.75) is 0 Å². The van der Waals surface area contributed by atoms with Crippen molar-refractivity contribution >= 4 is 11.0 Å². The molecule has 0 saturated heterocycles. The first-order chi connectivity index (χ1) is 6.33. The van der Waals surface area contributed by atoms with Crippen LogP contribution in [0, 0.1) is 11.3 Å². The van der Waals surface area contributed by atoms with E-state index in [9.17, 15) is 4.79 Å². The molecule has 62 valence electrons. The minimum atomic E-state index is -0.331. The Morgan fingerprint density at radius 2 is 2.23 bits per heavy atom. The number of aromatic nitrogens is 3. The highest BCUT2D eigenvalue weighted by Crippen LogP contribution is 2.07. The lowest BCUT2D eigenvalue weighted by atomic mass is 10.2. The Hall–Kier alpha value is -2.22. The molecule has 2 aromatic rings. The minimum absolute atomic E-state index is 0.196. The Morgan fingerprint density at radius 1 is 1.38 bits per heavy atom. The summed E-state index contributed by atoms with van der Waals surface area (Å²) in [5.41, 5.74) is 0.563. The zero-order valence-corrected chi connectivity index (χ0v) is 6.48. The summed E-state index contributed by atoms with van der Waals surface area (Å²) in [6.07, 6.45) is 2.67. The Labute approximate surface area is 72.7 Å². The molecule has 0 spiro atoms. The Morgan fingerprint density at radius 3 is 3.00 bits per heavy atom. The first-order valence-electron chi connectivity index (χ1n) is 3.55. The van der Waals surface area contributed by atoms with Crippen LogP contribution < -0.4 is 5.56 Å². The molecule has 0 amide bonds. The molecule has 0 aliphatic rings. The molecule has 0 saturated carbocycles. The van der Waals surface area contributed by atoms with Gasteiger partial charge in [0.25, 0.3) is 5.56 Å². The summed E-state index contributed by atoms with van der Waals surface area (Å²) in [5.74, 6) is 0. The van der Waals surface area contributed by atoms with Gasteiger partial charge in [0, 0.05) is 6.20 Å². The molecule has 0 atom stereocenters. The third kappa shape index (κ3) is 1.05. The molecule has 1 N–H and O–H groups in total. The van der Waals surface area contributed by atoms with Gasteiger partial charge in [-0.3, -0.25) is 4.79 Å². The number of pyridine rings is 1. The first-order valence-corrected chi connectivity index (χ1v) is 3.55. The number of fused-ring (bicyclic) bond motifs is 1. The zero-order chi connectivity index (χ0) is 9.26. The van der Waals surface area contributed by atoms with Crippen molar-refractivity contribution in [3.63, 3.8) is 0 Å². The summed E-state index contributed by atoms with van der Waals surface area (Å²) < 4.78 is 0. The number of H-pyrrole nitrogens is 1. The maximum atomic E-state index is 11.2. The van der Waals surface area contributed by atoms with E-state index < -0.39 is 0 Å². The van der Waals surface area contributed by atoms with Gasteiger partial charge in [-0.2, -0.15) is 5.26 Å². The number of hydrogen-bond donors (Lipinski definition) is 1. The summed E-state index contributed by atoms with van der Waals surface area (Å²) in [7, 11) is 0. The molecule has 0 radical (unpaired) electrons. The van der Waals surface area contributed by atoms with Gasteiger partial charge in [0.15, 0.2) is 5.52 Å². The van der Waals surface area contributed by atoms with Crippen LogP contribution in [-0.2, 0) is 0 Å². The number of nitrogens with zero attached hydrogens (tertiary/aromatic N) is 3. The zero-order valence-electron chi connectivity index (χ0n) is 6.48. The van der Waals surface area contributed by atoms with Gasteiger partial charge in [0.05, 0.1) is 11.9 Å². The van der Waals surface area contributed by atoms with E-state index >= 15 is 0 Å². The maximum absolute atomic E-state index is 11.2. The highest BCUT2D eigenvalue weighted by atomic mass is 16.1. The molecule has 2 aromatic heterocycles. The number of nitriles is 1. The van der Waals surface area contributed by atoms with E-state index in [0.717, 1.165) is 0 Å². The van der Waals surface area contributed by atoms with E-state index in [1.807, 2.05) is 6.07 Å². The lowest BCUT2D eigenvalue weighted by Gasteiger charge is -1.94. The van der Waals surface area contributed by atoms with Crippen molar-refractivity contribution in [3.05, 3.63) is 34.5 Å². The number of rotatable bonds is 0. The van der Waals surface area contributed by atoms with Crippen molar-refractivity contribution < 1.29 is 0 Å². The molecule has 0 bridgehead atoms. The minimum Gasteiger partial charge on any atom is -0.311 e. The van der Waals surface area contributed by atoms with E-state index in [0.29, 0.717) is 11.1 Å². The maximum Gasteiger partial charge on any atom is 0.277 e. The van der Waals surface area contributed by atoms with Crippen LogP contribution in [0.4, 0.5) is 0 Å². The van der Waals surface area contributed by atoms with Crippen LogP contribution in [0.1, 0.15) is 5.56 Å². The third-order valence-electron chi connectivity index (χ3n) is 1.65. The fraction of sp³-hybridized carbons (Fsp3) is 0. The van der Waals surface area contributed by atoms with Crippen molar-refractivity contribution in [3.8, 4) is 6.07 Å². The third-order valence-corrected chi connectivity index (χ3v) is 1.65. The molecule has 0 aliphatic heterocycles. The molecule has 13 heavy (non-hydrogen) atoms. The van der Waals surface area contributed by atoms with Crippen LogP contribution in [0.3, 0.4) is 0 Å². The lowest BCUT2D eigenvalue weighted by molar-refractivity contribution is 1.14. The van der Waals surface area contributed by atoms with Gasteiger partial charge in [-0.1, -0.05) is 0 Å². The van der Waals surface area contributed by atoms with Gasteiger partial charge in [0.2, 0.25) is 0 Å². The number of aromatic amines is 1. The smallest absolute Gasteiger partial charge is 0.277 e. The number of hydrogen-bond acceptors (Lipinski definition) is 4. The van der Waals surface area contributed by atoms with Gasteiger partial charge in [-0.15, -0.1) is 0 Å². The Bertz CT molecular complexity index is 552. The summed E-state index contributed by atoms with van der Waals surface area (Å²) in [5, 5.41) is 8.70. The molecule has 2 rings (SSSR count). The average molecular weight is 172 g/mol. The average Bonchev–Trinajstić information content (AvgIpc) is 2.18. The monoisotopic (exact) mass is 172 g/mol. The molecule has 0 fully saturated rings. The summed E-state index contributed by atoms with van der Waals surface area (Å²) >= 11 is 0.